The summed E-state index contributed by atoms with van der Waals surface area (Å²) < 4.78 is 11.3. The molecule has 7 nitrogen and oxygen atoms in total. The Kier molecular flexibility index (Phi) is 6.42. The average Bonchev–Trinajstić information content (AvgIpc) is 2.73. The van der Waals surface area contributed by atoms with Crippen molar-refractivity contribution in [2.24, 2.45) is 0 Å². The number of nitro benzene ring substituents is 1. The summed E-state index contributed by atoms with van der Waals surface area (Å²) in [6.45, 7) is 2.18. The number of rotatable bonds is 8. The Morgan fingerprint density at radius 1 is 0.931 bits per heavy atom. The molecule has 1 amide bonds. The lowest BCUT2D eigenvalue weighted by atomic mass is 10.1. The van der Waals surface area contributed by atoms with Gasteiger partial charge >= 0.3 is 0 Å². The standard InChI is InChI=1S/C22H20N2O5/c1-16-19(11-7-12-20(16)24(26)27)23-22(25)18-10-5-6-13-21(18)29-15-14-28-17-8-3-2-4-9-17/h2-13H,14-15H2,1H3,(H,23,25). The van der Waals surface area contributed by atoms with Crippen LogP contribution in [0.1, 0.15) is 15.9 Å². The number of hydrogen-bond donors (Lipinski definition) is 1. The number of ether oxygens (including phenoxy) is 2. The SMILES string of the molecule is Cc1c(NC(=O)c2ccccc2OCCOc2ccccc2)cccc1[N+](=O)[O-]. The molecule has 3 aromatic carbocycles. The second-order valence-electron chi connectivity index (χ2n) is 6.17. The Labute approximate surface area is 168 Å². The molecule has 0 heterocycles. The van der Waals surface area contributed by atoms with Crippen molar-refractivity contribution in [1.29, 1.82) is 0 Å². The highest BCUT2D eigenvalue weighted by atomic mass is 16.6. The number of hydrogen-bond acceptors (Lipinski definition) is 5. The number of anilines is 1. The summed E-state index contributed by atoms with van der Waals surface area (Å²) in [5.41, 5.74) is 1.05. The lowest BCUT2D eigenvalue weighted by Gasteiger charge is -2.13. The summed E-state index contributed by atoms with van der Waals surface area (Å²) in [5, 5.41) is 13.8. The second-order valence-corrected chi connectivity index (χ2v) is 6.17. The molecule has 0 fully saturated rings. The largest absolute Gasteiger partial charge is 0.490 e. The first-order chi connectivity index (χ1) is 14.1. The molecule has 7 heteroatoms. The summed E-state index contributed by atoms with van der Waals surface area (Å²) >= 11 is 0. The first kappa shape index (κ1) is 19.9. The summed E-state index contributed by atoms with van der Waals surface area (Å²) in [6, 6.07) is 20.7. The number of carbonyl (C=O) groups is 1. The molecule has 0 saturated carbocycles. The van der Waals surface area contributed by atoms with Gasteiger partial charge in [-0.25, -0.2) is 0 Å². The number of amides is 1. The summed E-state index contributed by atoms with van der Waals surface area (Å²) in [6.07, 6.45) is 0. The van der Waals surface area contributed by atoms with E-state index in [4.69, 9.17) is 9.47 Å². The Bertz CT molecular complexity index is 1010. The Hall–Kier alpha value is -3.87. The highest BCUT2D eigenvalue weighted by molar-refractivity contribution is 6.06. The number of nitrogens with one attached hydrogen (secondary N) is 1. The maximum absolute atomic E-state index is 12.7. The minimum absolute atomic E-state index is 0.0506. The van der Waals surface area contributed by atoms with Crippen molar-refractivity contribution in [2.75, 3.05) is 18.5 Å². The van der Waals surface area contributed by atoms with Gasteiger partial charge in [0.05, 0.1) is 21.7 Å². The van der Waals surface area contributed by atoms with Crippen LogP contribution in [0.15, 0.2) is 72.8 Å². The number of carbonyl (C=O) groups excluding carboxylic acids is 1. The van der Waals surface area contributed by atoms with E-state index in [0.29, 0.717) is 29.2 Å². The van der Waals surface area contributed by atoms with E-state index in [1.54, 1.807) is 37.3 Å². The van der Waals surface area contributed by atoms with Crippen LogP contribution in [0.4, 0.5) is 11.4 Å². The molecular weight excluding hydrogens is 372 g/mol. The van der Waals surface area contributed by atoms with Gasteiger partial charge in [-0.15, -0.1) is 0 Å². The van der Waals surface area contributed by atoms with Gasteiger partial charge in [0.2, 0.25) is 0 Å². The lowest BCUT2D eigenvalue weighted by Crippen LogP contribution is -2.16. The maximum Gasteiger partial charge on any atom is 0.274 e. The monoisotopic (exact) mass is 392 g/mol. The van der Waals surface area contributed by atoms with Crippen molar-refractivity contribution >= 4 is 17.3 Å². The summed E-state index contributed by atoms with van der Waals surface area (Å²) in [7, 11) is 0. The molecule has 0 aliphatic rings. The van der Waals surface area contributed by atoms with Crippen LogP contribution in [0.5, 0.6) is 11.5 Å². The second kappa shape index (κ2) is 9.36. The molecular formula is C22H20N2O5. The molecule has 0 atom stereocenters. The van der Waals surface area contributed by atoms with E-state index in [-0.39, 0.29) is 12.3 Å². The predicted molar refractivity (Wildman–Crippen MR) is 110 cm³/mol. The molecule has 29 heavy (non-hydrogen) atoms. The van der Waals surface area contributed by atoms with Gasteiger partial charge in [0, 0.05) is 6.07 Å². The van der Waals surface area contributed by atoms with E-state index in [1.807, 2.05) is 30.3 Å². The van der Waals surface area contributed by atoms with Gasteiger partial charge in [-0.3, -0.25) is 14.9 Å². The smallest absolute Gasteiger partial charge is 0.274 e. The van der Waals surface area contributed by atoms with Crippen LogP contribution in [0.2, 0.25) is 0 Å². The third kappa shape index (κ3) is 5.10. The summed E-state index contributed by atoms with van der Waals surface area (Å²) in [5.74, 6) is 0.737. The van der Waals surface area contributed by atoms with Gasteiger partial charge in [0.1, 0.15) is 24.7 Å². The molecule has 0 saturated heterocycles. The fourth-order valence-corrected chi connectivity index (χ4v) is 2.75. The molecule has 0 bridgehead atoms. The van der Waals surface area contributed by atoms with E-state index in [1.165, 1.54) is 12.1 Å². The highest BCUT2D eigenvalue weighted by Gasteiger charge is 2.17. The van der Waals surface area contributed by atoms with Crippen LogP contribution >= 0.6 is 0 Å². The van der Waals surface area contributed by atoms with E-state index in [9.17, 15) is 14.9 Å². The lowest BCUT2D eigenvalue weighted by molar-refractivity contribution is -0.385. The fourth-order valence-electron chi connectivity index (χ4n) is 2.75. The van der Waals surface area contributed by atoms with Gasteiger partial charge in [0.15, 0.2) is 0 Å². The zero-order chi connectivity index (χ0) is 20.6. The Morgan fingerprint density at radius 2 is 1.62 bits per heavy atom. The normalized spacial score (nSPS) is 10.2. The molecule has 148 valence electrons. The number of para-hydroxylation sites is 2. The molecule has 0 unspecified atom stereocenters. The zero-order valence-electron chi connectivity index (χ0n) is 15.8. The fraction of sp³-hybridized carbons (Fsp3) is 0.136. The Balaban J connectivity index is 1.66. The molecule has 0 aliphatic heterocycles. The van der Waals surface area contributed by atoms with Crippen molar-refractivity contribution in [1.82, 2.24) is 0 Å². The molecule has 3 aromatic rings. The molecule has 1 N–H and O–H groups in total. The molecule has 0 aromatic heterocycles. The number of nitrogens with zero attached hydrogens (tertiary/aromatic N) is 1. The van der Waals surface area contributed by atoms with Crippen molar-refractivity contribution < 1.29 is 19.2 Å². The van der Waals surface area contributed by atoms with Crippen LogP contribution in [-0.4, -0.2) is 24.0 Å². The minimum atomic E-state index is -0.477. The van der Waals surface area contributed by atoms with Gasteiger partial charge in [0.25, 0.3) is 11.6 Å². The van der Waals surface area contributed by atoms with Crippen molar-refractivity contribution in [2.45, 2.75) is 6.92 Å². The van der Waals surface area contributed by atoms with Crippen LogP contribution in [0.3, 0.4) is 0 Å². The summed E-state index contributed by atoms with van der Waals surface area (Å²) in [4.78, 5) is 23.3. The number of benzene rings is 3. The molecule has 3 rings (SSSR count). The van der Waals surface area contributed by atoms with E-state index >= 15 is 0 Å². The van der Waals surface area contributed by atoms with E-state index in [0.717, 1.165) is 5.75 Å². The van der Waals surface area contributed by atoms with Crippen LogP contribution in [0.25, 0.3) is 0 Å². The van der Waals surface area contributed by atoms with Crippen LogP contribution < -0.4 is 14.8 Å². The van der Waals surface area contributed by atoms with Crippen molar-refractivity contribution in [3.05, 3.63) is 94.0 Å². The Morgan fingerprint density at radius 3 is 2.38 bits per heavy atom. The first-order valence-electron chi connectivity index (χ1n) is 9.01. The minimum Gasteiger partial charge on any atom is -0.490 e. The number of nitro groups is 1. The quantitative estimate of drug-likeness (QED) is 0.343. The van der Waals surface area contributed by atoms with Crippen LogP contribution in [0, 0.1) is 17.0 Å². The van der Waals surface area contributed by atoms with Gasteiger partial charge < -0.3 is 14.8 Å². The topological polar surface area (TPSA) is 90.7 Å². The molecule has 0 spiro atoms. The van der Waals surface area contributed by atoms with E-state index in [2.05, 4.69) is 5.32 Å². The van der Waals surface area contributed by atoms with Gasteiger partial charge in [-0.1, -0.05) is 36.4 Å². The van der Waals surface area contributed by atoms with Crippen molar-refractivity contribution in [3.63, 3.8) is 0 Å². The zero-order valence-corrected chi connectivity index (χ0v) is 15.8. The predicted octanol–water partition coefficient (Wildman–Crippen LogP) is 4.61. The maximum atomic E-state index is 12.7. The molecule has 0 aliphatic carbocycles. The third-order valence-electron chi connectivity index (χ3n) is 4.23. The van der Waals surface area contributed by atoms with Gasteiger partial charge in [-0.05, 0) is 37.3 Å². The average molecular weight is 392 g/mol. The van der Waals surface area contributed by atoms with Crippen LogP contribution in [-0.2, 0) is 0 Å². The van der Waals surface area contributed by atoms with E-state index < -0.39 is 10.8 Å². The third-order valence-corrected chi connectivity index (χ3v) is 4.23. The van der Waals surface area contributed by atoms with Gasteiger partial charge in [-0.2, -0.15) is 0 Å². The molecule has 0 radical (unpaired) electrons. The highest BCUT2D eigenvalue weighted by Crippen LogP contribution is 2.26. The van der Waals surface area contributed by atoms with Crippen molar-refractivity contribution in [3.8, 4) is 11.5 Å². The first-order valence-corrected chi connectivity index (χ1v) is 9.01.